The summed E-state index contributed by atoms with van der Waals surface area (Å²) in [4.78, 5) is 23.1. The summed E-state index contributed by atoms with van der Waals surface area (Å²) in [5.41, 5.74) is 1.72. The highest BCUT2D eigenvalue weighted by Crippen LogP contribution is 2.62. The third-order valence-corrected chi connectivity index (χ3v) is 8.00. The molecule has 29 heavy (non-hydrogen) atoms. The van der Waals surface area contributed by atoms with Crippen molar-refractivity contribution in [1.82, 2.24) is 0 Å². The molecular weight excluding hydrogens is 368 g/mol. The zero-order valence-electron chi connectivity index (χ0n) is 17.9. The van der Waals surface area contributed by atoms with Gasteiger partial charge in [0.25, 0.3) is 0 Å². The van der Waals surface area contributed by atoms with Crippen LogP contribution in [0.3, 0.4) is 0 Å². The lowest BCUT2D eigenvalue weighted by Gasteiger charge is -2.52. The average molecular weight is 403 g/mol. The maximum Gasteiger partial charge on any atom is 0.344 e. The van der Waals surface area contributed by atoms with Crippen molar-refractivity contribution in [3.63, 3.8) is 0 Å². The van der Waals surface area contributed by atoms with Gasteiger partial charge in [0.1, 0.15) is 6.10 Å². The van der Waals surface area contributed by atoms with Crippen molar-refractivity contribution in [1.29, 1.82) is 0 Å². The molecule has 0 spiro atoms. The fourth-order valence-electron chi connectivity index (χ4n) is 6.75. The van der Waals surface area contributed by atoms with Crippen LogP contribution in [0.5, 0.6) is 0 Å². The van der Waals surface area contributed by atoms with E-state index in [9.17, 15) is 9.59 Å². The van der Waals surface area contributed by atoms with Gasteiger partial charge in [0.15, 0.2) is 6.61 Å². The molecule has 0 aromatic rings. The van der Waals surface area contributed by atoms with Gasteiger partial charge < -0.3 is 14.2 Å². The first-order valence-electron chi connectivity index (χ1n) is 11.3. The van der Waals surface area contributed by atoms with Crippen molar-refractivity contribution < 1.29 is 23.8 Å². The van der Waals surface area contributed by atoms with Gasteiger partial charge in [0.2, 0.25) is 0 Å². The van der Waals surface area contributed by atoms with Crippen LogP contribution in [0, 0.1) is 29.1 Å². The number of esters is 2. The molecule has 6 atom stereocenters. The lowest BCUT2D eigenvalue weighted by molar-refractivity contribution is -0.155. The lowest BCUT2D eigenvalue weighted by atomic mass is 9.53. The first-order valence-corrected chi connectivity index (χ1v) is 11.3. The summed E-state index contributed by atoms with van der Waals surface area (Å²) < 4.78 is 16.4. The number of hydrogen-bond acceptors (Lipinski definition) is 5. The fourth-order valence-corrected chi connectivity index (χ4v) is 6.75. The summed E-state index contributed by atoms with van der Waals surface area (Å²) in [5, 5.41) is 0. The van der Waals surface area contributed by atoms with Gasteiger partial charge in [-0.05, 0) is 75.2 Å². The lowest BCUT2D eigenvalue weighted by Crippen LogP contribution is -2.47. The number of hydrogen-bond donors (Lipinski definition) is 0. The summed E-state index contributed by atoms with van der Waals surface area (Å²) in [7, 11) is 0. The van der Waals surface area contributed by atoms with Crippen molar-refractivity contribution in [2.45, 2.75) is 71.8 Å². The van der Waals surface area contributed by atoms with Crippen LogP contribution < -0.4 is 0 Å². The predicted octanol–water partition coefficient (Wildman–Crippen LogP) is 4.56. The Morgan fingerprint density at radius 1 is 1.14 bits per heavy atom. The van der Waals surface area contributed by atoms with Gasteiger partial charge in [0.05, 0.1) is 12.4 Å². The third-order valence-electron chi connectivity index (χ3n) is 8.00. The van der Waals surface area contributed by atoms with Crippen molar-refractivity contribution in [2.24, 2.45) is 29.1 Å². The number of carbonyl (C=O) groups is 2. The highest BCUT2D eigenvalue weighted by molar-refractivity contribution is 5.70. The molecule has 3 fully saturated rings. The van der Waals surface area contributed by atoms with E-state index >= 15 is 0 Å². The molecule has 160 valence electrons. The normalized spacial score (nSPS) is 38.0. The number of ether oxygens (including phenoxy) is 3. The molecule has 0 N–H and O–H groups in total. The van der Waals surface area contributed by atoms with E-state index in [1.165, 1.54) is 32.6 Å². The Hall–Kier alpha value is -1.78. The van der Waals surface area contributed by atoms with Crippen molar-refractivity contribution in [2.75, 3.05) is 13.2 Å². The zero-order valence-corrected chi connectivity index (χ0v) is 17.9. The monoisotopic (exact) mass is 402 g/mol. The van der Waals surface area contributed by atoms with Crippen LogP contribution in [0.15, 0.2) is 23.5 Å². The van der Waals surface area contributed by atoms with Gasteiger partial charge in [-0.15, -0.1) is 0 Å². The van der Waals surface area contributed by atoms with Crippen molar-refractivity contribution in [3.05, 3.63) is 23.5 Å². The molecule has 0 radical (unpaired) electrons. The van der Waals surface area contributed by atoms with Crippen LogP contribution in [-0.4, -0.2) is 31.3 Å². The Labute approximate surface area is 173 Å². The summed E-state index contributed by atoms with van der Waals surface area (Å²) in [6.45, 7) is 6.08. The summed E-state index contributed by atoms with van der Waals surface area (Å²) in [5.74, 6) is 2.99. The first-order chi connectivity index (χ1) is 13.9. The zero-order chi connectivity index (χ0) is 20.6. The van der Waals surface area contributed by atoms with Crippen LogP contribution in [0.4, 0.5) is 0 Å². The van der Waals surface area contributed by atoms with Crippen LogP contribution in [-0.2, 0) is 23.8 Å². The van der Waals surface area contributed by atoms with Crippen LogP contribution in [0.2, 0.25) is 0 Å². The first kappa shape index (κ1) is 20.5. The van der Waals surface area contributed by atoms with E-state index in [0.717, 1.165) is 25.0 Å². The van der Waals surface area contributed by atoms with Gasteiger partial charge in [-0.2, -0.15) is 0 Å². The molecule has 3 saturated carbocycles. The molecule has 0 bridgehead atoms. The van der Waals surface area contributed by atoms with Gasteiger partial charge in [-0.25, -0.2) is 4.79 Å². The molecule has 4 aliphatic carbocycles. The Bertz CT molecular complexity index is 723. The van der Waals surface area contributed by atoms with Crippen molar-refractivity contribution in [3.8, 4) is 0 Å². The van der Waals surface area contributed by atoms with Crippen LogP contribution in [0.25, 0.3) is 0 Å². The minimum absolute atomic E-state index is 0.000410. The summed E-state index contributed by atoms with van der Waals surface area (Å²) >= 11 is 0. The molecule has 5 heteroatoms. The molecule has 0 aliphatic heterocycles. The smallest absolute Gasteiger partial charge is 0.344 e. The Morgan fingerprint density at radius 2 is 1.97 bits per heavy atom. The summed E-state index contributed by atoms with van der Waals surface area (Å²) in [6, 6.07) is 0. The van der Waals surface area contributed by atoms with E-state index in [-0.39, 0.29) is 30.1 Å². The fraction of sp³-hybridized carbons (Fsp3) is 0.750. The average Bonchev–Trinajstić information content (AvgIpc) is 3.02. The molecule has 0 amide bonds. The van der Waals surface area contributed by atoms with E-state index in [2.05, 4.69) is 19.1 Å². The van der Waals surface area contributed by atoms with E-state index in [4.69, 9.17) is 14.2 Å². The largest absolute Gasteiger partial charge is 0.486 e. The quantitative estimate of drug-likeness (QED) is 0.631. The van der Waals surface area contributed by atoms with Crippen LogP contribution in [0.1, 0.15) is 65.7 Å². The van der Waals surface area contributed by atoms with Gasteiger partial charge >= 0.3 is 11.9 Å². The second kappa shape index (κ2) is 8.16. The van der Waals surface area contributed by atoms with E-state index in [1.807, 2.05) is 0 Å². The third kappa shape index (κ3) is 3.85. The highest BCUT2D eigenvalue weighted by Gasteiger charge is 2.56. The molecule has 4 aliphatic rings. The van der Waals surface area contributed by atoms with Gasteiger partial charge in [0, 0.05) is 18.8 Å². The number of fused-ring (bicyclic) bond motifs is 5. The van der Waals surface area contributed by atoms with E-state index in [0.29, 0.717) is 30.3 Å². The van der Waals surface area contributed by atoms with Crippen molar-refractivity contribution >= 4 is 11.9 Å². The molecule has 6 unspecified atom stereocenters. The predicted molar refractivity (Wildman–Crippen MR) is 109 cm³/mol. The Balaban J connectivity index is 1.45. The molecule has 0 aromatic heterocycles. The molecular formula is C24H34O5. The molecule has 4 rings (SSSR count). The topological polar surface area (TPSA) is 61.8 Å². The summed E-state index contributed by atoms with van der Waals surface area (Å²) in [6.07, 6.45) is 12.3. The van der Waals surface area contributed by atoms with E-state index < -0.39 is 0 Å². The number of carbonyl (C=O) groups excluding carboxylic acids is 2. The Morgan fingerprint density at radius 3 is 2.72 bits per heavy atom. The SMILES string of the molecule is CCOC(=O)COC1=CC=C2C(CCC3C2CCC2(C)C(OC(C)=O)CCC32)C1. The molecule has 5 nitrogen and oxygen atoms in total. The highest BCUT2D eigenvalue weighted by atomic mass is 16.6. The van der Waals surface area contributed by atoms with E-state index in [1.54, 1.807) is 12.5 Å². The minimum atomic E-state index is -0.304. The maximum atomic E-state index is 11.6. The Kier molecular flexibility index (Phi) is 5.76. The second-order valence-corrected chi connectivity index (χ2v) is 9.47. The minimum Gasteiger partial charge on any atom is -0.486 e. The van der Waals surface area contributed by atoms with Crippen LogP contribution >= 0.6 is 0 Å². The van der Waals surface area contributed by atoms with Gasteiger partial charge in [-0.3, -0.25) is 4.79 Å². The number of rotatable bonds is 5. The maximum absolute atomic E-state index is 11.6. The second-order valence-electron chi connectivity index (χ2n) is 9.47. The number of allylic oxidation sites excluding steroid dienone is 4. The molecule has 0 heterocycles. The molecule has 0 saturated heterocycles. The van der Waals surface area contributed by atoms with Gasteiger partial charge in [-0.1, -0.05) is 18.6 Å². The standard InChI is InChI=1S/C24H34O5/c1-4-27-23(26)14-28-17-6-8-18-16(13-17)5-7-20-19(18)11-12-24(3)21(20)9-10-22(24)29-15(2)25/h6,8,16,19-22H,4-5,7,9-14H2,1-3H3. The molecule has 0 aromatic carbocycles.